The molecule has 0 radical (unpaired) electrons. The third kappa shape index (κ3) is 3.98. The molecule has 7 rings (SSSR count). The highest BCUT2D eigenvalue weighted by atomic mass is 79.9. The van der Waals surface area contributed by atoms with Crippen molar-refractivity contribution in [3.63, 3.8) is 0 Å². The highest BCUT2D eigenvalue weighted by Gasteiger charge is 2.39. The second-order valence-corrected chi connectivity index (χ2v) is 11.1. The number of likely N-dealkylation sites (tertiary alicyclic amines) is 1. The molecule has 0 spiro atoms. The minimum Gasteiger partial charge on any atom is -0.371 e. The van der Waals surface area contributed by atoms with Crippen molar-refractivity contribution in [2.75, 3.05) is 13.1 Å². The van der Waals surface area contributed by atoms with Gasteiger partial charge < -0.3 is 9.64 Å². The van der Waals surface area contributed by atoms with Gasteiger partial charge in [-0.25, -0.2) is 14.6 Å². The SMILES string of the molecule is O=C([C@@H]1CC[C@@H](Cc2ncc3c(Br)nn(-c4ccc5ncccc5c4)c3n2)C1)N1CC2CCC(C1)O2. The van der Waals surface area contributed by atoms with Crippen LogP contribution in [0.3, 0.4) is 0 Å². The van der Waals surface area contributed by atoms with Crippen LogP contribution < -0.4 is 0 Å². The van der Waals surface area contributed by atoms with Crippen molar-refractivity contribution in [2.45, 2.75) is 50.7 Å². The van der Waals surface area contributed by atoms with E-state index in [1.54, 1.807) is 6.20 Å². The molecule has 2 bridgehead atoms. The number of pyridine rings is 1. The molecule has 4 atom stereocenters. The molecule has 9 heteroatoms. The second-order valence-electron chi connectivity index (χ2n) is 10.4. The molecule has 3 aromatic heterocycles. The molecule has 1 aromatic carbocycles. The Morgan fingerprint density at radius 1 is 1.08 bits per heavy atom. The van der Waals surface area contributed by atoms with E-state index in [0.717, 1.165) is 89.7 Å². The van der Waals surface area contributed by atoms with Crippen LogP contribution >= 0.6 is 15.9 Å². The van der Waals surface area contributed by atoms with Crippen LogP contribution in [0.2, 0.25) is 0 Å². The number of carbonyl (C=O) groups is 1. The maximum Gasteiger partial charge on any atom is 0.225 e. The predicted molar refractivity (Wildman–Crippen MR) is 139 cm³/mol. The van der Waals surface area contributed by atoms with Crippen LogP contribution in [-0.4, -0.2) is 60.8 Å². The van der Waals surface area contributed by atoms with Crippen molar-refractivity contribution < 1.29 is 9.53 Å². The van der Waals surface area contributed by atoms with Gasteiger partial charge in [0, 0.05) is 43.2 Å². The van der Waals surface area contributed by atoms with Gasteiger partial charge in [0.25, 0.3) is 0 Å². The molecule has 2 aliphatic heterocycles. The zero-order valence-corrected chi connectivity index (χ0v) is 21.5. The molecule has 184 valence electrons. The maximum absolute atomic E-state index is 13.2. The Morgan fingerprint density at radius 2 is 1.94 bits per heavy atom. The van der Waals surface area contributed by atoms with Crippen molar-refractivity contribution in [1.82, 2.24) is 29.6 Å². The molecule has 8 nitrogen and oxygen atoms in total. The highest BCUT2D eigenvalue weighted by molar-refractivity contribution is 9.10. The fourth-order valence-electron chi connectivity index (χ4n) is 6.17. The second kappa shape index (κ2) is 8.88. The maximum atomic E-state index is 13.2. The molecule has 5 heterocycles. The Bertz CT molecular complexity index is 1460. The first-order valence-corrected chi connectivity index (χ1v) is 13.6. The average molecular weight is 547 g/mol. The van der Waals surface area contributed by atoms with Gasteiger partial charge in [0.15, 0.2) is 5.65 Å². The van der Waals surface area contributed by atoms with Crippen molar-refractivity contribution >= 4 is 43.8 Å². The topological polar surface area (TPSA) is 86.0 Å². The number of aromatic nitrogens is 5. The van der Waals surface area contributed by atoms with Gasteiger partial charge in [0.1, 0.15) is 10.4 Å². The van der Waals surface area contributed by atoms with Crippen molar-refractivity contribution in [1.29, 1.82) is 0 Å². The van der Waals surface area contributed by atoms with E-state index in [4.69, 9.17) is 14.8 Å². The number of benzene rings is 1. The Balaban J connectivity index is 1.10. The molecule has 36 heavy (non-hydrogen) atoms. The summed E-state index contributed by atoms with van der Waals surface area (Å²) in [5.74, 6) is 1.66. The van der Waals surface area contributed by atoms with Crippen LogP contribution in [0.5, 0.6) is 0 Å². The summed E-state index contributed by atoms with van der Waals surface area (Å²) >= 11 is 3.58. The number of amides is 1. The molecule has 3 aliphatic rings. The summed E-state index contributed by atoms with van der Waals surface area (Å²) in [6, 6.07) is 10.1. The Kier molecular flexibility index (Phi) is 5.50. The first kappa shape index (κ1) is 22.3. The van der Waals surface area contributed by atoms with E-state index >= 15 is 0 Å². The Morgan fingerprint density at radius 3 is 2.81 bits per heavy atom. The van der Waals surface area contributed by atoms with Crippen LogP contribution in [-0.2, 0) is 16.0 Å². The smallest absolute Gasteiger partial charge is 0.225 e. The fourth-order valence-corrected chi connectivity index (χ4v) is 6.61. The number of carbonyl (C=O) groups excluding carboxylic acids is 1. The molecule has 2 unspecified atom stereocenters. The minimum absolute atomic E-state index is 0.113. The van der Waals surface area contributed by atoms with Crippen LogP contribution in [0.1, 0.15) is 37.9 Å². The number of halogens is 1. The van der Waals surface area contributed by atoms with E-state index in [9.17, 15) is 4.79 Å². The normalized spacial score (nSPS) is 25.8. The highest BCUT2D eigenvalue weighted by Crippen LogP contribution is 2.36. The molecule has 1 saturated carbocycles. The van der Waals surface area contributed by atoms with Crippen LogP contribution in [0.25, 0.3) is 27.6 Å². The zero-order valence-electron chi connectivity index (χ0n) is 19.9. The average Bonchev–Trinajstić information content (AvgIpc) is 3.60. The summed E-state index contributed by atoms with van der Waals surface area (Å²) < 4.78 is 8.51. The first-order valence-electron chi connectivity index (χ1n) is 12.8. The van der Waals surface area contributed by atoms with Gasteiger partial charge in [-0.05, 0) is 78.2 Å². The van der Waals surface area contributed by atoms with Crippen LogP contribution in [0.4, 0.5) is 0 Å². The Labute approximate surface area is 217 Å². The number of fused-ring (bicyclic) bond motifs is 4. The monoisotopic (exact) mass is 546 g/mol. The molecular formula is C27H27BrN6O2. The molecule has 1 amide bonds. The fraction of sp³-hybridized carbons (Fsp3) is 0.444. The van der Waals surface area contributed by atoms with E-state index in [0.29, 0.717) is 11.8 Å². The van der Waals surface area contributed by atoms with E-state index in [2.05, 4.69) is 36.9 Å². The largest absolute Gasteiger partial charge is 0.371 e. The van der Waals surface area contributed by atoms with Crippen LogP contribution in [0, 0.1) is 11.8 Å². The van der Waals surface area contributed by atoms with E-state index in [-0.39, 0.29) is 18.1 Å². The number of morpholine rings is 1. The summed E-state index contributed by atoms with van der Waals surface area (Å²) in [7, 11) is 0. The molecule has 3 fully saturated rings. The third-order valence-electron chi connectivity index (χ3n) is 7.98. The summed E-state index contributed by atoms with van der Waals surface area (Å²) in [5.41, 5.74) is 2.66. The number of nitrogens with zero attached hydrogens (tertiary/aromatic N) is 6. The standard InChI is InChI=1S/C27H27BrN6O2/c28-25-22-13-30-24(31-26(22)34(32-25)19-5-8-23-17(12-19)2-1-9-29-23)11-16-3-4-18(10-16)27(35)33-14-20-6-7-21(15-33)36-20/h1-2,5,8-9,12-13,16,18,20-21H,3-4,6-7,10-11,14-15H2/t16-,18-,20?,21?/m1/s1. The molecule has 4 aromatic rings. The van der Waals surface area contributed by atoms with Gasteiger partial charge >= 0.3 is 0 Å². The van der Waals surface area contributed by atoms with Crippen molar-refractivity contribution in [3.8, 4) is 5.69 Å². The van der Waals surface area contributed by atoms with Gasteiger partial charge in [0.2, 0.25) is 5.91 Å². The summed E-state index contributed by atoms with van der Waals surface area (Å²) in [6.45, 7) is 1.53. The lowest BCUT2D eigenvalue weighted by molar-refractivity contribution is -0.144. The van der Waals surface area contributed by atoms with Gasteiger partial charge in [-0.1, -0.05) is 6.07 Å². The quantitative estimate of drug-likeness (QED) is 0.375. The molecule has 0 N–H and O–H groups in total. The van der Waals surface area contributed by atoms with Gasteiger partial charge in [-0.2, -0.15) is 5.10 Å². The van der Waals surface area contributed by atoms with Gasteiger partial charge in [-0.3, -0.25) is 9.78 Å². The number of hydrogen-bond acceptors (Lipinski definition) is 6. The lowest BCUT2D eigenvalue weighted by Gasteiger charge is -2.33. The number of ether oxygens (including phenoxy) is 1. The van der Waals surface area contributed by atoms with Crippen molar-refractivity contribution in [2.24, 2.45) is 11.8 Å². The van der Waals surface area contributed by atoms with Gasteiger partial charge in [-0.15, -0.1) is 0 Å². The van der Waals surface area contributed by atoms with Gasteiger partial charge in [0.05, 0.1) is 28.8 Å². The molecule has 1 aliphatic carbocycles. The zero-order chi connectivity index (χ0) is 24.2. The van der Waals surface area contributed by atoms with Crippen molar-refractivity contribution in [3.05, 3.63) is 53.2 Å². The number of hydrogen-bond donors (Lipinski definition) is 0. The summed E-state index contributed by atoms with van der Waals surface area (Å²) in [6.07, 6.45) is 9.99. The third-order valence-corrected chi connectivity index (χ3v) is 8.56. The summed E-state index contributed by atoms with van der Waals surface area (Å²) in [5, 5.41) is 6.63. The first-order chi connectivity index (χ1) is 17.6. The lowest BCUT2D eigenvalue weighted by Crippen LogP contribution is -2.47. The van der Waals surface area contributed by atoms with Crippen LogP contribution in [0.15, 0.2) is 47.3 Å². The minimum atomic E-state index is 0.113. The van der Waals surface area contributed by atoms with E-state index < -0.39 is 0 Å². The lowest BCUT2D eigenvalue weighted by atomic mass is 10.00. The number of rotatable bonds is 4. The molecule has 2 saturated heterocycles. The molecular weight excluding hydrogens is 520 g/mol. The Hall–Kier alpha value is -2.91. The summed E-state index contributed by atoms with van der Waals surface area (Å²) in [4.78, 5) is 29.3. The van der Waals surface area contributed by atoms with E-state index in [1.165, 1.54) is 0 Å². The predicted octanol–water partition coefficient (Wildman–Crippen LogP) is 4.47. The van der Waals surface area contributed by atoms with E-state index in [1.807, 2.05) is 35.1 Å².